The maximum Gasteiger partial charge on any atom is 0.416 e. The molecular weight excluding hydrogens is 330 g/mol. The Labute approximate surface area is 107 Å². The van der Waals surface area contributed by atoms with E-state index in [1.165, 1.54) is 0 Å². The molecule has 0 aliphatic heterocycles. The van der Waals surface area contributed by atoms with Crippen LogP contribution in [0.4, 0.5) is 26.3 Å². The molecule has 1 nitrogen and oxygen atoms in total. The molecule has 0 aromatic heterocycles. The molecule has 0 spiro atoms. The van der Waals surface area contributed by atoms with Crippen molar-refractivity contribution in [3.05, 3.63) is 34.9 Å². The predicted octanol–water partition coefficient (Wildman–Crippen LogP) is 4.28. The Morgan fingerprint density at radius 1 is 0.833 bits per heavy atom. The summed E-state index contributed by atoms with van der Waals surface area (Å²) in [4.78, 5) is 0. The zero-order valence-electron chi connectivity index (χ0n) is 8.83. The summed E-state index contributed by atoms with van der Waals surface area (Å²) < 4.78 is 72.8. The van der Waals surface area contributed by atoms with Gasteiger partial charge in [0.15, 0.2) is 0 Å². The topological polar surface area (TPSA) is 20.2 Å². The van der Waals surface area contributed by atoms with E-state index in [4.69, 9.17) is 0 Å². The molecule has 1 unspecified atom stereocenters. The first-order chi connectivity index (χ1) is 7.82. The second-order valence-electron chi connectivity index (χ2n) is 3.75. The van der Waals surface area contributed by atoms with Gasteiger partial charge in [-0.25, -0.2) is 0 Å². The molecular formula is C10H7BrF6O. The van der Waals surface area contributed by atoms with Crippen LogP contribution in [0.15, 0.2) is 18.2 Å². The molecule has 1 rings (SSSR count). The third kappa shape index (κ3) is 3.61. The Morgan fingerprint density at radius 2 is 1.11 bits per heavy atom. The number of alkyl halides is 7. The fraction of sp³-hybridized carbons (Fsp3) is 0.400. The lowest BCUT2D eigenvalue weighted by Gasteiger charge is -2.20. The zero-order chi connectivity index (χ0) is 14.4. The quantitative estimate of drug-likeness (QED) is 0.599. The molecule has 8 heteroatoms. The first-order valence-electron chi connectivity index (χ1n) is 4.53. The zero-order valence-corrected chi connectivity index (χ0v) is 10.4. The summed E-state index contributed by atoms with van der Waals surface area (Å²) in [5, 5.41) is 9.45. The fourth-order valence-corrected chi connectivity index (χ4v) is 1.45. The van der Waals surface area contributed by atoms with Gasteiger partial charge in [0.05, 0.1) is 11.1 Å². The molecule has 1 aromatic carbocycles. The van der Waals surface area contributed by atoms with E-state index in [1.807, 2.05) is 0 Å². The van der Waals surface area contributed by atoms with Gasteiger partial charge in [0, 0.05) is 0 Å². The number of benzene rings is 1. The average Bonchev–Trinajstić information content (AvgIpc) is 2.13. The molecule has 1 N–H and O–H groups in total. The highest BCUT2D eigenvalue weighted by atomic mass is 79.9. The van der Waals surface area contributed by atoms with Crippen molar-refractivity contribution in [1.82, 2.24) is 0 Å². The van der Waals surface area contributed by atoms with Crippen LogP contribution in [0.1, 0.15) is 23.6 Å². The van der Waals surface area contributed by atoms with E-state index in [9.17, 15) is 31.4 Å². The van der Waals surface area contributed by atoms with Crippen molar-refractivity contribution < 1.29 is 31.4 Å². The van der Waals surface area contributed by atoms with Crippen molar-refractivity contribution in [3.63, 3.8) is 0 Å². The number of hydrogen-bond acceptors (Lipinski definition) is 1. The molecule has 0 amide bonds. The monoisotopic (exact) mass is 336 g/mol. The minimum absolute atomic E-state index is 0.00222. The van der Waals surface area contributed by atoms with E-state index >= 15 is 0 Å². The van der Waals surface area contributed by atoms with Crippen LogP contribution >= 0.6 is 15.9 Å². The van der Waals surface area contributed by atoms with Gasteiger partial charge in [-0.3, -0.25) is 0 Å². The number of halogens is 7. The number of hydrogen-bond donors (Lipinski definition) is 1. The van der Waals surface area contributed by atoms with E-state index in [0.717, 1.165) is 6.92 Å². The van der Waals surface area contributed by atoms with Gasteiger partial charge < -0.3 is 5.11 Å². The smallest absolute Gasteiger partial charge is 0.375 e. The van der Waals surface area contributed by atoms with Gasteiger partial charge in [0.1, 0.15) is 4.51 Å². The van der Waals surface area contributed by atoms with E-state index in [-0.39, 0.29) is 6.07 Å². The predicted molar refractivity (Wildman–Crippen MR) is 54.9 cm³/mol. The Kier molecular flexibility index (Phi) is 3.75. The highest BCUT2D eigenvalue weighted by molar-refractivity contribution is 9.09. The van der Waals surface area contributed by atoms with E-state index in [2.05, 4.69) is 15.9 Å². The van der Waals surface area contributed by atoms with Crippen molar-refractivity contribution in [1.29, 1.82) is 0 Å². The molecule has 1 aromatic rings. The average molecular weight is 337 g/mol. The van der Waals surface area contributed by atoms with Crippen molar-refractivity contribution in [3.8, 4) is 0 Å². The van der Waals surface area contributed by atoms with E-state index in [1.54, 1.807) is 0 Å². The van der Waals surface area contributed by atoms with Gasteiger partial charge >= 0.3 is 12.4 Å². The second kappa shape index (κ2) is 4.41. The Balaban J connectivity index is 3.49. The lowest BCUT2D eigenvalue weighted by molar-refractivity contribution is -0.143. The van der Waals surface area contributed by atoms with Crippen LogP contribution in [-0.2, 0) is 16.9 Å². The summed E-state index contributed by atoms with van der Waals surface area (Å²) in [6, 6.07) is 0.927. The van der Waals surface area contributed by atoms with Gasteiger partial charge in [-0.15, -0.1) is 0 Å². The maximum absolute atomic E-state index is 12.5. The lowest BCUT2D eigenvalue weighted by Crippen LogP contribution is -2.17. The molecule has 1 atom stereocenters. The first-order valence-corrected chi connectivity index (χ1v) is 5.32. The molecule has 102 valence electrons. The fourth-order valence-electron chi connectivity index (χ4n) is 1.22. The van der Waals surface area contributed by atoms with Crippen LogP contribution in [0.3, 0.4) is 0 Å². The first kappa shape index (κ1) is 15.3. The standard InChI is InChI=1S/C10H7BrF6O/c1-8(11,18)5-2-6(9(12,13)14)4-7(3-5)10(15,16)17/h2-4,18H,1H3. The number of rotatable bonds is 1. The highest BCUT2D eigenvalue weighted by Gasteiger charge is 2.38. The van der Waals surface area contributed by atoms with Crippen molar-refractivity contribution in [2.45, 2.75) is 23.8 Å². The minimum Gasteiger partial charge on any atom is -0.375 e. The molecule has 0 radical (unpaired) electrons. The molecule has 0 saturated heterocycles. The molecule has 18 heavy (non-hydrogen) atoms. The van der Waals surface area contributed by atoms with Crippen LogP contribution in [0.2, 0.25) is 0 Å². The lowest BCUT2D eigenvalue weighted by atomic mass is 10.0. The SMILES string of the molecule is CC(O)(Br)c1cc(C(F)(F)F)cc(C(F)(F)F)c1. The van der Waals surface area contributed by atoms with Crippen molar-refractivity contribution >= 4 is 15.9 Å². The summed E-state index contributed by atoms with van der Waals surface area (Å²) in [6.07, 6.45) is -9.84. The molecule has 0 heterocycles. The van der Waals surface area contributed by atoms with Crippen LogP contribution in [0.25, 0.3) is 0 Å². The van der Waals surface area contributed by atoms with Gasteiger partial charge in [-0.1, -0.05) is 0 Å². The molecule has 0 aliphatic carbocycles. The highest BCUT2D eigenvalue weighted by Crippen LogP contribution is 2.39. The van der Waals surface area contributed by atoms with Crippen LogP contribution in [0, 0.1) is 0 Å². The Hall–Kier alpha value is -0.760. The van der Waals surface area contributed by atoms with Crippen molar-refractivity contribution in [2.75, 3.05) is 0 Å². The number of aliphatic hydroxyl groups is 1. The van der Waals surface area contributed by atoms with Crippen molar-refractivity contribution in [2.24, 2.45) is 0 Å². The second-order valence-corrected chi connectivity index (χ2v) is 5.29. The van der Waals surface area contributed by atoms with Crippen LogP contribution in [0.5, 0.6) is 0 Å². The van der Waals surface area contributed by atoms with E-state index < -0.39 is 33.6 Å². The third-order valence-corrected chi connectivity index (χ3v) is 2.57. The summed E-state index contributed by atoms with van der Waals surface area (Å²) in [6.45, 7) is 1.03. The summed E-state index contributed by atoms with van der Waals surface area (Å²) in [7, 11) is 0. The molecule has 0 aliphatic rings. The molecule has 0 saturated carbocycles. The summed E-state index contributed by atoms with van der Waals surface area (Å²) in [5.74, 6) is 0. The summed E-state index contributed by atoms with van der Waals surface area (Å²) >= 11 is 2.61. The Morgan fingerprint density at radius 3 is 1.33 bits per heavy atom. The third-order valence-electron chi connectivity index (χ3n) is 2.11. The largest absolute Gasteiger partial charge is 0.416 e. The van der Waals surface area contributed by atoms with Gasteiger partial charge in [0.2, 0.25) is 0 Å². The van der Waals surface area contributed by atoms with Gasteiger partial charge in [-0.2, -0.15) is 26.3 Å². The van der Waals surface area contributed by atoms with E-state index in [0.29, 0.717) is 12.1 Å². The molecule has 0 fully saturated rings. The van der Waals surface area contributed by atoms with Gasteiger partial charge in [0.25, 0.3) is 0 Å². The minimum atomic E-state index is -4.92. The normalized spacial score (nSPS) is 16.5. The van der Waals surface area contributed by atoms with Crippen LogP contribution in [-0.4, -0.2) is 5.11 Å². The van der Waals surface area contributed by atoms with Crippen LogP contribution < -0.4 is 0 Å². The molecule has 0 bridgehead atoms. The summed E-state index contributed by atoms with van der Waals surface area (Å²) in [5.41, 5.74) is -3.45. The van der Waals surface area contributed by atoms with Gasteiger partial charge in [-0.05, 0) is 46.6 Å². The maximum atomic E-state index is 12.5. The Bertz CT molecular complexity index is 364.